The molecule has 0 spiro atoms. The lowest BCUT2D eigenvalue weighted by molar-refractivity contribution is -0.136. The quantitative estimate of drug-likeness (QED) is 0.825. The van der Waals surface area contributed by atoms with Crippen molar-refractivity contribution in [1.82, 2.24) is 10.1 Å². The molecule has 0 amide bonds. The summed E-state index contributed by atoms with van der Waals surface area (Å²) in [4.78, 5) is 14.8. The molecule has 5 nitrogen and oxygen atoms in total. The topological polar surface area (TPSA) is 76.2 Å². The summed E-state index contributed by atoms with van der Waals surface area (Å²) in [5, 5.41) is 12.1. The van der Waals surface area contributed by atoms with Crippen molar-refractivity contribution in [3.8, 4) is 0 Å². The number of aromatic nitrogens is 2. The molecule has 6 heteroatoms. The lowest BCUT2D eigenvalue weighted by Crippen LogP contribution is -2.11. The summed E-state index contributed by atoms with van der Waals surface area (Å²) >= 11 is 1.30. The second-order valence-corrected chi connectivity index (χ2v) is 4.94. The number of hydrogen-bond donors (Lipinski definition) is 1. The minimum atomic E-state index is -0.814. The van der Waals surface area contributed by atoms with Gasteiger partial charge in [0.25, 0.3) is 0 Å². The van der Waals surface area contributed by atoms with Crippen molar-refractivity contribution in [2.75, 3.05) is 0 Å². The normalized spacial score (nSPS) is 17.7. The number of carbonyl (C=O) groups is 1. The van der Waals surface area contributed by atoms with Gasteiger partial charge in [-0.3, -0.25) is 4.79 Å². The molecule has 1 aromatic rings. The van der Waals surface area contributed by atoms with Gasteiger partial charge >= 0.3 is 5.97 Å². The first-order chi connectivity index (χ1) is 7.16. The van der Waals surface area contributed by atoms with Crippen LogP contribution < -0.4 is 0 Å². The summed E-state index contributed by atoms with van der Waals surface area (Å²) in [6.45, 7) is 1.65. The van der Waals surface area contributed by atoms with E-state index in [1.54, 1.807) is 6.92 Å². The highest BCUT2D eigenvalue weighted by atomic mass is 32.2. The van der Waals surface area contributed by atoms with Gasteiger partial charge < -0.3 is 9.63 Å². The molecule has 15 heavy (non-hydrogen) atoms. The van der Waals surface area contributed by atoms with Crippen LogP contribution in [0.15, 0.2) is 4.52 Å². The van der Waals surface area contributed by atoms with E-state index in [-0.39, 0.29) is 0 Å². The van der Waals surface area contributed by atoms with E-state index < -0.39 is 11.2 Å². The minimum absolute atomic E-state index is 0.437. The third-order valence-electron chi connectivity index (χ3n) is 2.22. The molecule has 0 aliphatic heterocycles. The summed E-state index contributed by atoms with van der Waals surface area (Å²) in [5.41, 5.74) is 0. The van der Waals surface area contributed by atoms with E-state index in [2.05, 4.69) is 10.1 Å². The van der Waals surface area contributed by atoms with Crippen molar-refractivity contribution >= 4 is 17.7 Å². The molecule has 1 N–H and O–H groups in total. The van der Waals surface area contributed by atoms with E-state index in [1.807, 2.05) is 0 Å². The highest BCUT2D eigenvalue weighted by Crippen LogP contribution is 2.39. The molecule has 2 rings (SSSR count). The Labute approximate surface area is 91.2 Å². The van der Waals surface area contributed by atoms with Crippen molar-refractivity contribution in [2.24, 2.45) is 0 Å². The van der Waals surface area contributed by atoms with Crippen LogP contribution in [-0.2, 0) is 10.5 Å². The van der Waals surface area contributed by atoms with E-state index in [1.165, 1.54) is 11.8 Å². The van der Waals surface area contributed by atoms with Gasteiger partial charge in [0.05, 0.1) is 11.0 Å². The van der Waals surface area contributed by atoms with Crippen LogP contribution in [0.25, 0.3) is 0 Å². The van der Waals surface area contributed by atoms with Crippen LogP contribution in [0.3, 0.4) is 0 Å². The zero-order valence-electron chi connectivity index (χ0n) is 8.34. The SMILES string of the molecule is CC(SCc1noc(C2CC2)n1)C(=O)O. The lowest BCUT2D eigenvalue weighted by Gasteiger charge is -2.01. The second kappa shape index (κ2) is 4.22. The van der Waals surface area contributed by atoms with Crippen LogP contribution in [0.5, 0.6) is 0 Å². The van der Waals surface area contributed by atoms with Gasteiger partial charge in [0, 0.05) is 5.92 Å². The predicted molar refractivity (Wildman–Crippen MR) is 54.7 cm³/mol. The number of hydrogen-bond acceptors (Lipinski definition) is 5. The zero-order valence-corrected chi connectivity index (χ0v) is 9.16. The standard InChI is InChI=1S/C9H12N2O3S/c1-5(9(12)13)15-4-7-10-8(14-11-7)6-2-3-6/h5-6H,2-4H2,1H3,(H,12,13). The molecule has 1 aliphatic rings. The minimum Gasteiger partial charge on any atom is -0.480 e. The van der Waals surface area contributed by atoms with Crippen LogP contribution in [0.1, 0.15) is 37.4 Å². The Kier molecular flexibility index (Phi) is 2.95. The maximum Gasteiger partial charge on any atom is 0.316 e. The number of aliphatic carboxylic acids is 1. The molecule has 1 aliphatic carbocycles. The Morgan fingerprint density at radius 2 is 2.47 bits per heavy atom. The maximum atomic E-state index is 10.6. The van der Waals surface area contributed by atoms with Crippen LogP contribution in [0, 0.1) is 0 Å². The van der Waals surface area contributed by atoms with Crippen LogP contribution in [0.2, 0.25) is 0 Å². The summed E-state index contributed by atoms with van der Waals surface area (Å²) in [6, 6.07) is 0. The number of carboxylic acid groups (broad SMARTS) is 1. The van der Waals surface area contributed by atoms with Gasteiger partial charge in [0.2, 0.25) is 5.89 Å². The monoisotopic (exact) mass is 228 g/mol. The van der Waals surface area contributed by atoms with E-state index in [9.17, 15) is 4.79 Å². The van der Waals surface area contributed by atoms with Gasteiger partial charge in [-0.05, 0) is 19.8 Å². The molecule has 1 unspecified atom stereocenters. The van der Waals surface area contributed by atoms with Crippen LogP contribution in [-0.4, -0.2) is 26.5 Å². The van der Waals surface area contributed by atoms with Crippen LogP contribution >= 0.6 is 11.8 Å². The van der Waals surface area contributed by atoms with E-state index in [0.29, 0.717) is 23.4 Å². The summed E-state index contributed by atoms with van der Waals surface area (Å²) < 4.78 is 5.06. The average Bonchev–Trinajstić information content (AvgIpc) is 2.95. The predicted octanol–water partition coefficient (Wildman–Crippen LogP) is 1.65. The fourth-order valence-electron chi connectivity index (χ4n) is 1.09. The van der Waals surface area contributed by atoms with E-state index in [0.717, 1.165) is 12.8 Å². The Morgan fingerprint density at radius 3 is 3.07 bits per heavy atom. The van der Waals surface area contributed by atoms with Crippen molar-refractivity contribution in [2.45, 2.75) is 36.7 Å². The maximum absolute atomic E-state index is 10.6. The highest BCUT2D eigenvalue weighted by Gasteiger charge is 2.29. The van der Waals surface area contributed by atoms with Gasteiger partial charge in [-0.15, -0.1) is 11.8 Å². The molecule has 0 aromatic carbocycles. The Balaban J connectivity index is 1.85. The molecule has 1 atom stereocenters. The molecule has 1 aromatic heterocycles. The van der Waals surface area contributed by atoms with Gasteiger partial charge in [-0.25, -0.2) is 0 Å². The van der Waals surface area contributed by atoms with Gasteiger partial charge in [-0.1, -0.05) is 5.16 Å². The Hall–Kier alpha value is -1.04. The van der Waals surface area contributed by atoms with Crippen molar-refractivity contribution in [1.29, 1.82) is 0 Å². The van der Waals surface area contributed by atoms with Crippen molar-refractivity contribution in [3.63, 3.8) is 0 Å². The zero-order chi connectivity index (χ0) is 10.8. The Morgan fingerprint density at radius 1 is 1.73 bits per heavy atom. The van der Waals surface area contributed by atoms with Gasteiger partial charge in [0.15, 0.2) is 5.82 Å². The summed E-state index contributed by atoms with van der Waals surface area (Å²) in [7, 11) is 0. The number of nitrogens with zero attached hydrogens (tertiary/aromatic N) is 2. The third kappa shape index (κ3) is 2.71. The lowest BCUT2D eigenvalue weighted by atomic mass is 10.4. The van der Waals surface area contributed by atoms with E-state index >= 15 is 0 Å². The van der Waals surface area contributed by atoms with Crippen molar-refractivity contribution < 1.29 is 14.4 Å². The van der Waals surface area contributed by atoms with Gasteiger partial charge in [-0.2, -0.15) is 4.98 Å². The average molecular weight is 228 g/mol. The fourth-order valence-corrected chi connectivity index (χ4v) is 1.75. The third-order valence-corrected chi connectivity index (χ3v) is 3.35. The summed E-state index contributed by atoms with van der Waals surface area (Å²) in [5.74, 6) is 1.42. The molecule has 1 fully saturated rings. The second-order valence-electron chi connectivity index (χ2n) is 3.61. The molecule has 1 heterocycles. The number of rotatable bonds is 5. The van der Waals surface area contributed by atoms with Crippen LogP contribution in [0.4, 0.5) is 0 Å². The van der Waals surface area contributed by atoms with Gasteiger partial charge in [0.1, 0.15) is 0 Å². The molecular weight excluding hydrogens is 216 g/mol. The molecule has 0 bridgehead atoms. The van der Waals surface area contributed by atoms with Crippen molar-refractivity contribution in [3.05, 3.63) is 11.7 Å². The molecule has 0 saturated heterocycles. The first kappa shape index (κ1) is 10.5. The first-order valence-corrected chi connectivity index (χ1v) is 5.88. The largest absolute Gasteiger partial charge is 0.480 e. The molecule has 0 radical (unpaired) electrons. The molecule has 1 saturated carbocycles. The fraction of sp³-hybridized carbons (Fsp3) is 0.667. The molecule has 82 valence electrons. The summed E-state index contributed by atoms with van der Waals surface area (Å²) in [6.07, 6.45) is 2.25. The molecular formula is C9H12N2O3S. The number of thioether (sulfide) groups is 1. The Bertz CT molecular complexity index is 362. The smallest absolute Gasteiger partial charge is 0.316 e. The number of carboxylic acids is 1. The van der Waals surface area contributed by atoms with E-state index in [4.69, 9.17) is 9.63 Å². The first-order valence-electron chi connectivity index (χ1n) is 4.83. The highest BCUT2D eigenvalue weighted by molar-refractivity contribution is 7.99.